The van der Waals surface area contributed by atoms with Gasteiger partial charge in [-0.15, -0.1) is 0 Å². The molecule has 5 nitrogen and oxygen atoms in total. The fourth-order valence-corrected chi connectivity index (χ4v) is 4.97. The molecular weight excluding hydrogens is 274 g/mol. The van der Waals surface area contributed by atoms with E-state index >= 15 is 0 Å². The van der Waals surface area contributed by atoms with Gasteiger partial charge in [0.15, 0.2) is 0 Å². The molecule has 1 atom stereocenters. The minimum absolute atomic E-state index is 0.0177. The third-order valence-electron chi connectivity index (χ3n) is 4.72. The van der Waals surface area contributed by atoms with E-state index in [-0.39, 0.29) is 6.04 Å². The fraction of sp³-hybridized carbons (Fsp3) is 1.00. The van der Waals surface area contributed by atoms with Crippen LogP contribution in [-0.2, 0) is 10.2 Å². The Morgan fingerprint density at radius 2 is 1.75 bits per heavy atom. The van der Waals surface area contributed by atoms with Gasteiger partial charge < -0.3 is 5.73 Å². The van der Waals surface area contributed by atoms with Gasteiger partial charge in [-0.2, -0.15) is 12.7 Å². The summed E-state index contributed by atoms with van der Waals surface area (Å²) >= 11 is 0. The first-order valence-corrected chi connectivity index (χ1v) is 9.54. The monoisotopic (exact) mass is 303 g/mol. The Morgan fingerprint density at radius 3 is 2.45 bits per heavy atom. The lowest BCUT2D eigenvalue weighted by molar-refractivity contribution is 0.253. The summed E-state index contributed by atoms with van der Waals surface area (Å²) in [4.78, 5) is 0. The Labute approximate surface area is 123 Å². The molecule has 1 unspecified atom stereocenters. The van der Waals surface area contributed by atoms with Crippen LogP contribution in [0.15, 0.2) is 0 Å². The van der Waals surface area contributed by atoms with Gasteiger partial charge in [0.1, 0.15) is 0 Å². The minimum Gasteiger partial charge on any atom is -0.329 e. The normalized spacial score (nSPS) is 26.8. The number of nitrogens with two attached hydrogens (primary N) is 1. The molecule has 0 aromatic heterocycles. The third-order valence-corrected chi connectivity index (χ3v) is 6.38. The third kappa shape index (κ3) is 4.41. The van der Waals surface area contributed by atoms with Crippen LogP contribution in [0.25, 0.3) is 0 Å². The van der Waals surface area contributed by atoms with Crippen molar-refractivity contribution in [1.82, 2.24) is 9.03 Å². The van der Waals surface area contributed by atoms with Crippen LogP contribution < -0.4 is 10.5 Å². The summed E-state index contributed by atoms with van der Waals surface area (Å²) in [5.41, 5.74) is 5.70. The summed E-state index contributed by atoms with van der Waals surface area (Å²) in [6, 6.07) is -0.0177. The zero-order valence-corrected chi connectivity index (χ0v) is 13.2. The predicted octanol–water partition coefficient (Wildman–Crippen LogP) is 1.60. The molecule has 0 radical (unpaired) electrons. The highest BCUT2D eigenvalue weighted by atomic mass is 32.2. The van der Waals surface area contributed by atoms with Crippen LogP contribution in [0.5, 0.6) is 0 Å². The quantitative estimate of drug-likeness (QED) is 0.782. The fourth-order valence-electron chi connectivity index (χ4n) is 3.48. The van der Waals surface area contributed by atoms with Gasteiger partial charge in [-0.25, -0.2) is 4.72 Å². The number of nitrogens with zero attached hydrogens (tertiary/aromatic N) is 1. The zero-order valence-electron chi connectivity index (χ0n) is 12.4. The molecule has 1 heterocycles. The van der Waals surface area contributed by atoms with Gasteiger partial charge in [0.2, 0.25) is 0 Å². The Balaban J connectivity index is 1.80. The van der Waals surface area contributed by atoms with Crippen molar-refractivity contribution in [1.29, 1.82) is 0 Å². The van der Waals surface area contributed by atoms with Crippen molar-refractivity contribution in [2.75, 3.05) is 19.6 Å². The second kappa shape index (κ2) is 7.73. The van der Waals surface area contributed by atoms with Crippen LogP contribution in [0.2, 0.25) is 0 Å². The van der Waals surface area contributed by atoms with E-state index < -0.39 is 10.2 Å². The number of piperidine rings is 1. The molecule has 1 saturated heterocycles. The first kappa shape index (κ1) is 16.2. The van der Waals surface area contributed by atoms with Gasteiger partial charge in [0.25, 0.3) is 10.2 Å². The molecule has 2 aliphatic rings. The Kier molecular flexibility index (Phi) is 6.26. The number of hydrogen-bond donors (Lipinski definition) is 2. The lowest BCUT2D eigenvalue weighted by Crippen LogP contribution is -2.51. The average Bonchev–Trinajstić information content (AvgIpc) is 2.48. The SMILES string of the molecule is NCC1CCCCN1S(=O)(=O)NCCC1CCCCC1. The maximum absolute atomic E-state index is 12.4. The molecule has 3 N–H and O–H groups in total. The molecule has 0 spiro atoms. The molecule has 6 heteroatoms. The van der Waals surface area contributed by atoms with Crippen molar-refractivity contribution < 1.29 is 8.42 Å². The maximum Gasteiger partial charge on any atom is 0.279 e. The predicted molar refractivity (Wildman–Crippen MR) is 81.5 cm³/mol. The lowest BCUT2D eigenvalue weighted by atomic mass is 9.87. The number of hydrogen-bond acceptors (Lipinski definition) is 3. The van der Waals surface area contributed by atoms with Crippen molar-refractivity contribution >= 4 is 10.2 Å². The van der Waals surface area contributed by atoms with E-state index in [1.54, 1.807) is 4.31 Å². The molecule has 1 saturated carbocycles. The van der Waals surface area contributed by atoms with E-state index in [1.807, 2.05) is 0 Å². The zero-order chi connectivity index (χ0) is 14.4. The smallest absolute Gasteiger partial charge is 0.279 e. The second-order valence-electron chi connectivity index (χ2n) is 6.19. The molecule has 1 aliphatic carbocycles. The average molecular weight is 303 g/mol. The molecule has 0 aromatic rings. The number of nitrogens with one attached hydrogen (secondary N) is 1. The van der Waals surface area contributed by atoms with Gasteiger partial charge in [-0.1, -0.05) is 38.5 Å². The first-order chi connectivity index (χ1) is 9.63. The van der Waals surface area contributed by atoms with Crippen molar-refractivity contribution in [3.8, 4) is 0 Å². The maximum atomic E-state index is 12.4. The van der Waals surface area contributed by atoms with E-state index in [4.69, 9.17) is 5.73 Å². The summed E-state index contributed by atoms with van der Waals surface area (Å²) in [5, 5.41) is 0. The summed E-state index contributed by atoms with van der Waals surface area (Å²) < 4.78 is 29.1. The molecule has 0 aromatic carbocycles. The van der Waals surface area contributed by atoms with Gasteiger partial charge >= 0.3 is 0 Å². The summed E-state index contributed by atoms with van der Waals surface area (Å²) in [6.07, 6.45) is 10.4. The van der Waals surface area contributed by atoms with Crippen LogP contribution in [0, 0.1) is 5.92 Å². The summed E-state index contributed by atoms with van der Waals surface area (Å²) in [5.74, 6) is 0.707. The van der Waals surface area contributed by atoms with Crippen LogP contribution in [0.1, 0.15) is 57.8 Å². The van der Waals surface area contributed by atoms with Crippen molar-refractivity contribution in [2.24, 2.45) is 11.7 Å². The van der Waals surface area contributed by atoms with Gasteiger partial charge in [0.05, 0.1) is 0 Å². The first-order valence-electron chi connectivity index (χ1n) is 8.10. The lowest BCUT2D eigenvalue weighted by Gasteiger charge is -2.34. The van der Waals surface area contributed by atoms with Gasteiger partial charge in [0, 0.05) is 25.7 Å². The van der Waals surface area contributed by atoms with E-state index in [1.165, 1.54) is 32.1 Å². The summed E-state index contributed by atoms with van der Waals surface area (Å²) in [6.45, 7) is 1.60. The topological polar surface area (TPSA) is 75.4 Å². The molecule has 20 heavy (non-hydrogen) atoms. The highest BCUT2D eigenvalue weighted by Crippen LogP contribution is 2.26. The molecule has 0 amide bonds. The summed E-state index contributed by atoms with van der Waals surface area (Å²) in [7, 11) is -3.34. The van der Waals surface area contributed by atoms with Gasteiger partial charge in [-0.05, 0) is 25.2 Å². The van der Waals surface area contributed by atoms with Crippen LogP contribution in [-0.4, -0.2) is 38.4 Å². The molecule has 0 bridgehead atoms. The van der Waals surface area contributed by atoms with Crippen molar-refractivity contribution in [3.05, 3.63) is 0 Å². The Morgan fingerprint density at radius 1 is 1.05 bits per heavy atom. The van der Waals surface area contributed by atoms with Gasteiger partial charge in [-0.3, -0.25) is 0 Å². The van der Waals surface area contributed by atoms with Crippen molar-refractivity contribution in [3.63, 3.8) is 0 Å². The van der Waals surface area contributed by atoms with Crippen molar-refractivity contribution in [2.45, 2.75) is 63.8 Å². The van der Waals surface area contributed by atoms with Crippen LogP contribution >= 0.6 is 0 Å². The van der Waals surface area contributed by atoms with E-state index in [2.05, 4.69) is 4.72 Å². The van der Waals surface area contributed by atoms with E-state index in [0.29, 0.717) is 25.6 Å². The highest BCUT2D eigenvalue weighted by Gasteiger charge is 2.31. The standard InChI is InChI=1S/C14H29N3O2S/c15-12-14-8-4-5-11-17(14)20(18,19)16-10-9-13-6-2-1-3-7-13/h13-14,16H,1-12,15H2. The second-order valence-corrected chi connectivity index (χ2v) is 7.90. The minimum atomic E-state index is -3.34. The largest absolute Gasteiger partial charge is 0.329 e. The Hall–Kier alpha value is -0.170. The molecular formula is C14H29N3O2S. The van der Waals surface area contributed by atoms with Crippen LogP contribution in [0.4, 0.5) is 0 Å². The highest BCUT2D eigenvalue weighted by molar-refractivity contribution is 7.87. The Bertz CT molecular complexity index is 380. The molecule has 2 rings (SSSR count). The molecule has 1 aliphatic heterocycles. The van der Waals surface area contributed by atoms with Crippen LogP contribution in [0.3, 0.4) is 0 Å². The molecule has 2 fully saturated rings. The molecule has 118 valence electrons. The van der Waals surface area contributed by atoms with E-state index in [0.717, 1.165) is 25.7 Å². The number of rotatable bonds is 6. The van der Waals surface area contributed by atoms with E-state index in [9.17, 15) is 8.42 Å².